The van der Waals surface area contributed by atoms with Gasteiger partial charge in [0.2, 0.25) is 0 Å². The molecule has 0 atom stereocenters. The van der Waals surface area contributed by atoms with E-state index in [0.29, 0.717) is 35.6 Å². The van der Waals surface area contributed by atoms with Crippen molar-refractivity contribution in [3.05, 3.63) is 22.7 Å². The lowest BCUT2D eigenvalue weighted by molar-refractivity contribution is 0.230. The molecule has 0 saturated heterocycles. The lowest BCUT2D eigenvalue weighted by Gasteiger charge is -2.17. The zero-order valence-corrected chi connectivity index (χ0v) is 12.8. The average Bonchev–Trinajstić information content (AvgIpc) is 2.41. The van der Waals surface area contributed by atoms with E-state index >= 15 is 0 Å². The van der Waals surface area contributed by atoms with Gasteiger partial charge in [-0.1, -0.05) is 38.3 Å². The van der Waals surface area contributed by atoms with E-state index in [4.69, 9.17) is 26.8 Å². The SMILES string of the molecule is CCC(CC)COc1c(Cl)cc(CCN)cc1OC. The first-order valence-electron chi connectivity index (χ1n) is 6.85. The lowest BCUT2D eigenvalue weighted by atomic mass is 10.1. The maximum Gasteiger partial charge on any atom is 0.179 e. The molecule has 0 fully saturated rings. The highest BCUT2D eigenvalue weighted by molar-refractivity contribution is 6.32. The first-order chi connectivity index (χ1) is 9.15. The van der Waals surface area contributed by atoms with Crippen molar-refractivity contribution in [2.24, 2.45) is 11.7 Å². The van der Waals surface area contributed by atoms with Crippen molar-refractivity contribution in [3.63, 3.8) is 0 Å². The second-order valence-electron chi connectivity index (χ2n) is 4.64. The standard InChI is InChI=1S/C15H24ClNO2/c1-4-11(5-2)10-19-15-13(16)8-12(6-7-17)9-14(15)18-3/h8-9,11H,4-7,10,17H2,1-3H3. The number of rotatable bonds is 8. The summed E-state index contributed by atoms with van der Waals surface area (Å²) in [5.41, 5.74) is 6.63. The molecule has 3 nitrogen and oxygen atoms in total. The maximum atomic E-state index is 6.27. The highest BCUT2D eigenvalue weighted by Gasteiger charge is 2.13. The molecule has 0 radical (unpaired) electrons. The first-order valence-corrected chi connectivity index (χ1v) is 7.23. The average molecular weight is 286 g/mol. The van der Waals surface area contributed by atoms with Crippen LogP contribution in [0.5, 0.6) is 11.5 Å². The van der Waals surface area contributed by atoms with Gasteiger partial charge < -0.3 is 15.2 Å². The van der Waals surface area contributed by atoms with E-state index in [1.54, 1.807) is 7.11 Å². The normalized spacial score (nSPS) is 10.8. The molecule has 0 aliphatic carbocycles. The van der Waals surface area contributed by atoms with E-state index in [1.165, 1.54) is 0 Å². The van der Waals surface area contributed by atoms with E-state index in [-0.39, 0.29) is 0 Å². The third kappa shape index (κ3) is 4.59. The van der Waals surface area contributed by atoms with Crippen LogP contribution in [-0.2, 0) is 6.42 Å². The van der Waals surface area contributed by atoms with Crippen LogP contribution in [0.2, 0.25) is 5.02 Å². The summed E-state index contributed by atoms with van der Waals surface area (Å²) in [4.78, 5) is 0. The zero-order valence-electron chi connectivity index (χ0n) is 12.0. The highest BCUT2D eigenvalue weighted by Crippen LogP contribution is 2.37. The quantitative estimate of drug-likeness (QED) is 0.793. The van der Waals surface area contributed by atoms with Crippen molar-refractivity contribution in [1.82, 2.24) is 0 Å². The Morgan fingerprint density at radius 2 is 1.95 bits per heavy atom. The van der Waals surface area contributed by atoms with Crippen LogP contribution in [0.4, 0.5) is 0 Å². The maximum absolute atomic E-state index is 6.27. The molecule has 1 aromatic rings. The van der Waals surface area contributed by atoms with Crippen LogP contribution < -0.4 is 15.2 Å². The Morgan fingerprint density at radius 1 is 1.26 bits per heavy atom. The molecule has 0 unspecified atom stereocenters. The molecule has 0 bridgehead atoms. The molecule has 1 rings (SSSR count). The number of ether oxygens (including phenoxy) is 2. The van der Waals surface area contributed by atoms with Crippen molar-refractivity contribution >= 4 is 11.6 Å². The number of methoxy groups -OCH3 is 1. The van der Waals surface area contributed by atoms with Crippen molar-refractivity contribution < 1.29 is 9.47 Å². The van der Waals surface area contributed by atoms with Crippen molar-refractivity contribution in [2.45, 2.75) is 33.1 Å². The van der Waals surface area contributed by atoms with Gasteiger partial charge in [-0.25, -0.2) is 0 Å². The second-order valence-corrected chi connectivity index (χ2v) is 5.05. The molecule has 1 aromatic carbocycles. The van der Waals surface area contributed by atoms with Crippen LogP contribution in [0.15, 0.2) is 12.1 Å². The van der Waals surface area contributed by atoms with Gasteiger partial charge in [-0.05, 0) is 36.6 Å². The van der Waals surface area contributed by atoms with E-state index in [1.807, 2.05) is 12.1 Å². The van der Waals surface area contributed by atoms with Crippen molar-refractivity contribution in [3.8, 4) is 11.5 Å². The number of halogens is 1. The molecule has 0 saturated carbocycles. The minimum atomic E-state index is 0.546. The van der Waals surface area contributed by atoms with Gasteiger partial charge >= 0.3 is 0 Å². The Hall–Kier alpha value is -0.930. The number of nitrogens with two attached hydrogens (primary N) is 1. The van der Waals surface area contributed by atoms with Gasteiger partial charge in [0.1, 0.15) is 0 Å². The van der Waals surface area contributed by atoms with E-state index < -0.39 is 0 Å². The molecular formula is C15H24ClNO2. The summed E-state index contributed by atoms with van der Waals surface area (Å²) in [7, 11) is 1.63. The monoisotopic (exact) mass is 285 g/mol. The van der Waals surface area contributed by atoms with Crippen LogP contribution in [0.3, 0.4) is 0 Å². The Balaban J connectivity index is 2.87. The van der Waals surface area contributed by atoms with Gasteiger partial charge in [-0.3, -0.25) is 0 Å². The van der Waals surface area contributed by atoms with Gasteiger partial charge in [0.25, 0.3) is 0 Å². The summed E-state index contributed by atoms with van der Waals surface area (Å²) in [5, 5.41) is 0.591. The minimum Gasteiger partial charge on any atom is -0.493 e. The zero-order chi connectivity index (χ0) is 14.3. The molecule has 0 spiro atoms. The summed E-state index contributed by atoms with van der Waals surface area (Å²) >= 11 is 6.27. The van der Waals surface area contributed by atoms with Crippen LogP contribution in [0.25, 0.3) is 0 Å². The molecule has 4 heteroatoms. The van der Waals surface area contributed by atoms with Crippen molar-refractivity contribution in [2.75, 3.05) is 20.3 Å². The third-order valence-electron chi connectivity index (χ3n) is 3.34. The molecule has 0 amide bonds. The molecule has 0 aliphatic heterocycles. The molecule has 0 aromatic heterocycles. The van der Waals surface area contributed by atoms with Crippen molar-refractivity contribution in [1.29, 1.82) is 0 Å². The number of hydrogen-bond acceptors (Lipinski definition) is 3. The molecule has 108 valence electrons. The Bertz CT molecular complexity index is 392. The van der Waals surface area contributed by atoms with E-state index in [0.717, 1.165) is 24.8 Å². The Labute approximate surface area is 121 Å². The van der Waals surface area contributed by atoms with Crippen LogP contribution >= 0.6 is 11.6 Å². The highest BCUT2D eigenvalue weighted by atomic mass is 35.5. The smallest absolute Gasteiger partial charge is 0.179 e. The number of benzene rings is 1. The van der Waals surface area contributed by atoms with Gasteiger partial charge in [0.15, 0.2) is 11.5 Å². The third-order valence-corrected chi connectivity index (χ3v) is 3.62. The van der Waals surface area contributed by atoms with Gasteiger partial charge in [-0.2, -0.15) is 0 Å². The molecule has 0 aliphatic rings. The fourth-order valence-corrected chi connectivity index (χ4v) is 2.24. The Kier molecular flexibility index (Phi) is 7.03. The fourth-order valence-electron chi connectivity index (χ4n) is 1.95. The fraction of sp³-hybridized carbons (Fsp3) is 0.600. The lowest BCUT2D eigenvalue weighted by Crippen LogP contribution is -2.11. The molecular weight excluding hydrogens is 262 g/mol. The van der Waals surface area contributed by atoms with Crippen LogP contribution in [0, 0.1) is 5.92 Å². The largest absolute Gasteiger partial charge is 0.493 e. The van der Waals surface area contributed by atoms with Gasteiger partial charge in [0.05, 0.1) is 18.7 Å². The van der Waals surface area contributed by atoms with Gasteiger partial charge in [0, 0.05) is 0 Å². The molecule has 19 heavy (non-hydrogen) atoms. The number of hydrogen-bond donors (Lipinski definition) is 1. The first kappa shape index (κ1) is 16.1. The predicted molar refractivity (Wildman–Crippen MR) is 80.3 cm³/mol. The van der Waals surface area contributed by atoms with E-state index in [9.17, 15) is 0 Å². The minimum absolute atomic E-state index is 0.546. The topological polar surface area (TPSA) is 44.5 Å². The summed E-state index contributed by atoms with van der Waals surface area (Å²) in [6, 6.07) is 3.85. The summed E-state index contributed by atoms with van der Waals surface area (Å²) < 4.78 is 11.2. The summed E-state index contributed by atoms with van der Waals surface area (Å²) in [6.07, 6.45) is 2.98. The summed E-state index contributed by atoms with van der Waals surface area (Å²) in [6.45, 7) is 5.59. The molecule has 0 heterocycles. The van der Waals surface area contributed by atoms with Crippen LogP contribution in [-0.4, -0.2) is 20.3 Å². The van der Waals surface area contributed by atoms with E-state index in [2.05, 4.69) is 13.8 Å². The predicted octanol–water partition coefficient (Wildman–Crippen LogP) is 3.66. The van der Waals surface area contributed by atoms with Crippen LogP contribution in [0.1, 0.15) is 32.3 Å². The summed E-state index contributed by atoms with van der Waals surface area (Å²) in [5.74, 6) is 1.86. The van der Waals surface area contributed by atoms with Gasteiger partial charge in [-0.15, -0.1) is 0 Å². The second kappa shape index (κ2) is 8.28. The molecule has 2 N–H and O–H groups in total. The Morgan fingerprint density at radius 3 is 2.47 bits per heavy atom.